The highest BCUT2D eigenvalue weighted by Gasteiger charge is 2.31. The summed E-state index contributed by atoms with van der Waals surface area (Å²) in [6, 6.07) is 11.8. The molecule has 0 radical (unpaired) electrons. The maximum Gasteiger partial charge on any atom is 0.417 e. The number of para-hydroxylation sites is 1. The Labute approximate surface area is 154 Å². The summed E-state index contributed by atoms with van der Waals surface area (Å²) in [5.74, 6) is 0.301. The molecule has 1 saturated heterocycles. The summed E-state index contributed by atoms with van der Waals surface area (Å²) in [5.41, 5.74) is -0.509. The van der Waals surface area contributed by atoms with Crippen LogP contribution in [-0.4, -0.2) is 25.2 Å². The third-order valence-corrected chi connectivity index (χ3v) is 4.17. The smallest absolute Gasteiger partial charge is 0.410 e. The lowest BCUT2D eigenvalue weighted by molar-refractivity contribution is -0.137. The molecule has 1 aliphatic rings. The molecule has 8 heteroatoms. The number of carbonyl (C=O) groups excluding carboxylic acids is 1. The molecule has 2 aromatic carbocycles. The number of rotatable bonds is 4. The Morgan fingerprint density at radius 1 is 1.04 bits per heavy atom. The molecule has 1 amide bonds. The molecular formula is C19H20F3N3O2. The van der Waals surface area contributed by atoms with Gasteiger partial charge in [0.2, 0.25) is 0 Å². The van der Waals surface area contributed by atoms with E-state index in [1.807, 2.05) is 0 Å². The fourth-order valence-corrected chi connectivity index (χ4v) is 2.89. The Hall–Kier alpha value is -2.74. The lowest BCUT2D eigenvalue weighted by atomic mass is 10.1. The highest BCUT2D eigenvalue weighted by molar-refractivity contribution is 5.87. The molecule has 1 aliphatic heterocycles. The Kier molecular flexibility index (Phi) is 5.85. The normalized spacial score (nSPS) is 15.2. The van der Waals surface area contributed by atoms with Crippen molar-refractivity contribution in [2.24, 2.45) is 0 Å². The highest BCUT2D eigenvalue weighted by Crippen LogP contribution is 2.34. The summed E-state index contributed by atoms with van der Waals surface area (Å²) in [6.07, 6.45) is -3.75. The van der Waals surface area contributed by atoms with Gasteiger partial charge in [0.25, 0.3) is 0 Å². The molecule has 5 nitrogen and oxygen atoms in total. The summed E-state index contributed by atoms with van der Waals surface area (Å²) in [6.45, 7) is 1.62. The van der Waals surface area contributed by atoms with Gasteiger partial charge in [-0.15, -0.1) is 0 Å². The zero-order chi connectivity index (χ0) is 19.3. The van der Waals surface area contributed by atoms with Gasteiger partial charge in [-0.3, -0.25) is 5.32 Å². The monoisotopic (exact) mass is 379 g/mol. The van der Waals surface area contributed by atoms with Crippen LogP contribution in [0.25, 0.3) is 0 Å². The van der Waals surface area contributed by atoms with Crippen molar-refractivity contribution >= 4 is 17.5 Å². The van der Waals surface area contributed by atoms with Gasteiger partial charge in [0, 0.05) is 17.4 Å². The van der Waals surface area contributed by atoms with E-state index in [9.17, 15) is 18.0 Å². The maximum absolute atomic E-state index is 13.2. The molecule has 144 valence electrons. The quantitative estimate of drug-likeness (QED) is 0.733. The highest BCUT2D eigenvalue weighted by atomic mass is 19.4. The second-order valence-electron chi connectivity index (χ2n) is 6.29. The molecule has 0 saturated carbocycles. The third-order valence-electron chi connectivity index (χ3n) is 4.17. The van der Waals surface area contributed by atoms with Crippen molar-refractivity contribution in [2.75, 3.05) is 23.7 Å². The third kappa shape index (κ3) is 5.62. The first-order chi connectivity index (χ1) is 12.9. The molecule has 0 unspecified atom stereocenters. The van der Waals surface area contributed by atoms with E-state index in [2.05, 4.69) is 16.0 Å². The summed E-state index contributed by atoms with van der Waals surface area (Å²) >= 11 is 0. The average Bonchev–Trinajstić information content (AvgIpc) is 2.62. The van der Waals surface area contributed by atoms with Crippen LogP contribution in [0.4, 0.5) is 29.3 Å². The van der Waals surface area contributed by atoms with Gasteiger partial charge < -0.3 is 15.4 Å². The number of alkyl halides is 3. The molecule has 3 rings (SSSR count). The lowest BCUT2D eigenvalue weighted by Crippen LogP contribution is -2.35. The van der Waals surface area contributed by atoms with Crippen LogP contribution >= 0.6 is 0 Å². The first kappa shape index (κ1) is 19.0. The molecule has 0 aromatic heterocycles. The number of piperidine rings is 1. The lowest BCUT2D eigenvalue weighted by Gasteiger charge is -2.25. The fraction of sp³-hybridized carbons (Fsp3) is 0.316. The van der Waals surface area contributed by atoms with Crippen LogP contribution in [0.5, 0.6) is 5.75 Å². The van der Waals surface area contributed by atoms with Crippen molar-refractivity contribution in [3.05, 3.63) is 54.1 Å². The second kappa shape index (κ2) is 8.30. The van der Waals surface area contributed by atoms with Crippen molar-refractivity contribution < 1.29 is 22.7 Å². The van der Waals surface area contributed by atoms with Crippen molar-refractivity contribution in [2.45, 2.75) is 25.1 Å². The number of hydrogen-bond donors (Lipinski definition) is 3. The summed E-state index contributed by atoms with van der Waals surface area (Å²) in [4.78, 5) is 12.0. The van der Waals surface area contributed by atoms with Gasteiger partial charge in [-0.05, 0) is 56.3 Å². The van der Waals surface area contributed by atoms with Crippen molar-refractivity contribution in [1.29, 1.82) is 0 Å². The van der Waals surface area contributed by atoms with E-state index in [0.29, 0.717) is 11.4 Å². The van der Waals surface area contributed by atoms with E-state index in [1.54, 1.807) is 30.3 Å². The van der Waals surface area contributed by atoms with Gasteiger partial charge in [0.05, 0.1) is 5.56 Å². The molecule has 0 atom stereocenters. The molecule has 27 heavy (non-hydrogen) atoms. The van der Waals surface area contributed by atoms with Crippen LogP contribution in [-0.2, 0) is 6.18 Å². The van der Waals surface area contributed by atoms with Gasteiger partial charge >= 0.3 is 12.3 Å². The standard InChI is InChI=1S/C19H20F3N3O2/c20-19(21,22)13-10-15(24-14-6-8-23-9-7-14)12-16(11-13)25-18(26)27-17-4-2-1-3-5-17/h1-5,10-12,14,23-24H,6-9H2,(H,25,26). The minimum atomic E-state index is -4.52. The van der Waals surface area contributed by atoms with Crippen molar-refractivity contribution in [3.8, 4) is 5.75 Å². The number of anilines is 2. The molecule has 0 bridgehead atoms. The maximum atomic E-state index is 13.2. The number of amides is 1. The van der Waals surface area contributed by atoms with Gasteiger partial charge in [-0.1, -0.05) is 18.2 Å². The fourth-order valence-electron chi connectivity index (χ4n) is 2.89. The van der Waals surface area contributed by atoms with Gasteiger partial charge in [-0.2, -0.15) is 13.2 Å². The van der Waals surface area contributed by atoms with Crippen LogP contribution in [0, 0.1) is 0 Å². The Morgan fingerprint density at radius 2 is 1.70 bits per heavy atom. The predicted octanol–water partition coefficient (Wildman–Crippen LogP) is 4.48. The summed E-state index contributed by atoms with van der Waals surface area (Å²) < 4.78 is 44.8. The van der Waals surface area contributed by atoms with Crippen LogP contribution in [0.3, 0.4) is 0 Å². The van der Waals surface area contributed by atoms with E-state index < -0.39 is 17.8 Å². The van der Waals surface area contributed by atoms with Crippen LogP contribution in [0.15, 0.2) is 48.5 Å². The molecule has 0 spiro atoms. The van der Waals surface area contributed by atoms with Crippen LogP contribution < -0.4 is 20.7 Å². The molecule has 3 N–H and O–H groups in total. The first-order valence-electron chi connectivity index (χ1n) is 8.63. The number of benzene rings is 2. The topological polar surface area (TPSA) is 62.4 Å². The van der Waals surface area contributed by atoms with E-state index in [1.165, 1.54) is 6.07 Å². The van der Waals surface area contributed by atoms with E-state index >= 15 is 0 Å². The zero-order valence-corrected chi connectivity index (χ0v) is 14.5. The molecular weight excluding hydrogens is 359 g/mol. The van der Waals surface area contributed by atoms with Gasteiger partial charge in [-0.25, -0.2) is 4.79 Å². The number of hydrogen-bond acceptors (Lipinski definition) is 4. The predicted molar refractivity (Wildman–Crippen MR) is 97.0 cm³/mol. The van der Waals surface area contributed by atoms with E-state index in [4.69, 9.17) is 4.74 Å². The molecule has 1 heterocycles. The Morgan fingerprint density at radius 3 is 2.37 bits per heavy atom. The molecule has 1 fully saturated rings. The minimum Gasteiger partial charge on any atom is -0.410 e. The van der Waals surface area contributed by atoms with Gasteiger partial charge in [0.1, 0.15) is 5.75 Å². The van der Waals surface area contributed by atoms with E-state index in [-0.39, 0.29) is 11.7 Å². The SMILES string of the molecule is O=C(Nc1cc(NC2CCNCC2)cc(C(F)(F)F)c1)Oc1ccccc1. The second-order valence-corrected chi connectivity index (χ2v) is 6.29. The summed E-state index contributed by atoms with van der Waals surface area (Å²) in [7, 11) is 0. The summed E-state index contributed by atoms with van der Waals surface area (Å²) in [5, 5.41) is 8.69. The molecule has 0 aliphatic carbocycles. The zero-order valence-electron chi connectivity index (χ0n) is 14.5. The Balaban J connectivity index is 1.76. The van der Waals surface area contributed by atoms with E-state index in [0.717, 1.165) is 38.1 Å². The van der Waals surface area contributed by atoms with Crippen molar-refractivity contribution in [3.63, 3.8) is 0 Å². The number of carbonyl (C=O) groups is 1. The molecule has 2 aromatic rings. The van der Waals surface area contributed by atoms with Crippen LogP contribution in [0.2, 0.25) is 0 Å². The number of ether oxygens (including phenoxy) is 1. The Bertz CT molecular complexity index is 776. The van der Waals surface area contributed by atoms with Crippen molar-refractivity contribution in [1.82, 2.24) is 5.32 Å². The average molecular weight is 379 g/mol. The minimum absolute atomic E-state index is 0.0159. The first-order valence-corrected chi connectivity index (χ1v) is 8.63. The number of nitrogens with one attached hydrogen (secondary N) is 3. The number of halogens is 3. The van der Waals surface area contributed by atoms with Crippen LogP contribution in [0.1, 0.15) is 18.4 Å². The van der Waals surface area contributed by atoms with Gasteiger partial charge in [0.15, 0.2) is 0 Å². The largest absolute Gasteiger partial charge is 0.417 e.